The monoisotopic (exact) mass is 224 g/mol. The Morgan fingerprint density at radius 3 is 2.53 bits per heavy atom. The van der Waals surface area contributed by atoms with E-state index < -0.39 is 9.84 Å². The van der Waals surface area contributed by atoms with E-state index in [2.05, 4.69) is 11.2 Å². The van der Waals surface area contributed by atoms with Crippen LogP contribution in [0.25, 0.3) is 0 Å². The maximum absolute atomic E-state index is 10.8. The molecule has 0 aliphatic carbocycles. The first-order chi connectivity index (χ1) is 6.92. The SMILES string of the molecule is COc1cc(C#CS(C)(=O)=O)ccc1C. The van der Waals surface area contributed by atoms with E-state index >= 15 is 0 Å². The molecule has 0 atom stereocenters. The van der Waals surface area contributed by atoms with Crippen molar-refractivity contribution in [1.29, 1.82) is 0 Å². The van der Waals surface area contributed by atoms with Crippen LogP contribution in [0.15, 0.2) is 18.2 Å². The molecule has 4 heteroatoms. The second-order valence-electron chi connectivity index (χ2n) is 3.18. The molecule has 3 nitrogen and oxygen atoms in total. The van der Waals surface area contributed by atoms with Crippen molar-refractivity contribution >= 4 is 9.84 Å². The minimum atomic E-state index is -3.25. The van der Waals surface area contributed by atoms with Gasteiger partial charge in [0.2, 0.25) is 9.84 Å². The third-order valence-corrected chi connectivity index (χ3v) is 2.26. The number of sulfone groups is 1. The maximum atomic E-state index is 10.8. The molecule has 1 rings (SSSR count). The molecule has 0 heterocycles. The lowest BCUT2D eigenvalue weighted by Gasteiger charge is -2.03. The Labute approximate surface area is 90.0 Å². The first kappa shape index (κ1) is 11.6. The normalized spacial score (nSPS) is 10.3. The van der Waals surface area contributed by atoms with Crippen LogP contribution in [0.3, 0.4) is 0 Å². The van der Waals surface area contributed by atoms with Gasteiger partial charge in [0.15, 0.2) is 0 Å². The zero-order chi connectivity index (χ0) is 11.5. The van der Waals surface area contributed by atoms with Crippen molar-refractivity contribution in [2.45, 2.75) is 6.92 Å². The number of rotatable bonds is 1. The van der Waals surface area contributed by atoms with E-state index in [4.69, 9.17) is 4.74 Å². The minimum absolute atomic E-state index is 0.628. The Hall–Kier alpha value is -1.47. The number of hydrogen-bond acceptors (Lipinski definition) is 3. The van der Waals surface area contributed by atoms with Crippen LogP contribution < -0.4 is 4.74 Å². The first-order valence-corrected chi connectivity index (χ1v) is 6.19. The molecule has 0 bridgehead atoms. The van der Waals surface area contributed by atoms with Crippen LogP contribution in [-0.2, 0) is 9.84 Å². The molecule has 80 valence electrons. The van der Waals surface area contributed by atoms with Gasteiger partial charge < -0.3 is 4.74 Å². The molecule has 0 fully saturated rings. The summed E-state index contributed by atoms with van der Waals surface area (Å²) in [6.45, 7) is 1.91. The first-order valence-electron chi connectivity index (χ1n) is 4.30. The molecular formula is C11H12O3S. The van der Waals surface area contributed by atoms with Crippen LogP contribution in [0.4, 0.5) is 0 Å². The molecule has 1 aromatic carbocycles. The van der Waals surface area contributed by atoms with Gasteiger partial charge in [-0.1, -0.05) is 6.07 Å². The highest BCUT2D eigenvalue weighted by Crippen LogP contribution is 2.18. The minimum Gasteiger partial charge on any atom is -0.496 e. The zero-order valence-corrected chi connectivity index (χ0v) is 9.68. The molecule has 0 spiro atoms. The van der Waals surface area contributed by atoms with Crippen molar-refractivity contribution < 1.29 is 13.2 Å². The molecule has 1 aromatic rings. The van der Waals surface area contributed by atoms with Crippen LogP contribution in [0.5, 0.6) is 5.75 Å². The van der Waals surface area contributed by atoms with Gasteiger partial charge in [0.1, 0.15) is 5.75 Å². The van der Waals surface area contributed by atoms with Crippen LogP contribution in [0.2, 0.25) is 0 Å². The number of benzene rings is 1. The third-order valence-electron chi connectivity index (χ3n) is 1.79. The summed E-state index contributed by atoms with van der Waals surface area (Å²) < 4.78 is 26.7. The van der Waals surface area contributed by atoms with Gasteiger partial charge in [-0.2, -0.15) is 0 Å². The average Bonchev–Trinajstić information content (AvgIpc) is 2.15. The lowest BCUT2D eigenvalue weighted by molar-refractivity contribution is 0.411. The summed E-state index contributed by atoms with van der Waals surface area (Å²) in [4.78, 5) is 0. The molecule has 0 saturated heterocycles. The summed E-state index contributed by atoms with van der Waals surface area (Å²) in [5.74, 6) is 3.27. The van der Waals surface area contributed by atoms with Gasteiger partial charge in [0.25, 0.3) is 0 Å². The fraction of sp³-hybridized carbons (Fsp3) is 0.273. The van der Waals surface area contributed by atoms with E-state index in [1.165, 1.54) is 0 Å². The lowest BCUT2D eigenvalue weighted by Crippen LogP contribution is -1.90. The number of ether oxygens (including phenoxy) is 1. The summed E-state index contributed by atoms with van der Waals surface area (Å²) in [6.07, 6.45) is 1.07. The van der Waals surface area contributed by atoms with Crippen LogP contribution in [0.1, 0.15) is 11.1 Å². The van der Waals surface area contributed by atoms with Crippen molar-refractivity contribution in [3.05, 3.63) is 29.3 Å². The van der Waals surface area contributed by atoms with E-state index in [9.17, 15) is 8.42 Å². The Morgan fingerprint density at radius 1 is 1.33 bits per heavy atom. The quantitative estimate of drug-likeness (QED) is 0.676. The van der Waals surface area contributed by atoms with E-state index in [0.29, 0.717) is 11.3 Å². The van der Waals surface area contributed by atoms with Gasteiger partial charge in [-0.05, 0) is 30.5 Å². The standard InChI is InChI=1S/C11H12O3S/c1-9-4-5-10(8-11(9)14-2)6-7-15(3,12)13/h4-5,8H,1-3H3. The van der Waals surface area contributed by atoms with Crippen molar-refractivity contribution in [3.8, 4) is 16.9 Å². The van der Waals surface area contributed by atoms with E-state index in [-0.39, 0.29) is 0 Å². The molecule has 0 N–H and O–H groups in total. The fourth-order valence-electron chi connectivity index (χ4n) is 1.05. The van der Waals surface area contributed by atoms with E-state index in [1.54, 1.807) is 19.2 Å². The third kappa shape index (κ3) is 3.64. The van der Waals surface area contributed by atoms with E-state index in [0.717, 1.165) is 11.8 Å². The van der Waals surface area contributed by atoms with Crippen LogP contribution in [-0.4, -0.2) is 21.8 Å². The Kier molecular flexibility index (Phi) is 3.38. The Balaban J connectivity index is 3.12. The molecule has 15 heavy (non-hydrogen) atoms. The van der Waals surface area contributed by atoms with Gasteiger partial charge in [-0.25, -0.2) is 8.42 Å². The molecule has 0 unspecified atom stereocenters. The highest BCUT2D eigenvalue weighted by atomic mass is 32.2. The second-order valence-corrected chi connectivity index (χ2v) is 4.93. The summed E-state index contributed by atoms with van der Waals surface area (Å²) in [6, 6.07) is 5.31. The summed E-state index contributed by atoms with van der Waals surface area (Å²) in [5, 5.41) is 2.18. The molecular weight excluding hydrogens is 212 g/mol. The van der Waals surface area contributed by atoms with Crippen LogP contribution in [0, 0.1) is 18.1 Å². The number of hydrogen-bond donors (Lipinski definition) is 0. The van der Waals surface area contributed by atoms with Crippen molar-refractivity contribution in [2.24, 2.45) is 0 Å². The predicted molar refractivity (Wildman–Crippen MR) is 59.5 cm³/mol. The molecule has 0 radical (unpaired) electrons. The zero-order valence-electron chi connectivity index (χ0n) is 8.87. The van der Waals surface area contributed by atoms with Crippen molar-refractivity contribution in [1.82, 2.24) is 0 Å². The second kappa shape index (κ2) is 4.37. The van der Waals surface area contributed by atoms with Gasteiger partial charge in [0, 0.05) is 10.8 Å². The topological polar surface area (TPSA) is 43.4 Å². The van der Waals surface area contributed by atoms with Crippen LogP contribution >= 0.6 is 0 Å². The Morgan fingerprint density at radius 2 is 2.00 bits per heavy atom. The van der Waals surface area contributed by atoms with E-state index in [1.807, 2.05) is 13.0 Å². The fourth-order valence-corrected chi connectivity index (χ4v) is 1.35. The lowest BCUT2D eigenvalue weighted by atomic mass is 10.1. The van der Waals surface area contributed by atoms with Gasteiger partial charge >= 0.3 is 0 Å². The summed E-state index contributed by atoms with van der Waals surface area (Å²) in [5.41, 5.74) is 1.62. The summed E-state index contributed by atoms with van der Waals surface area (Å²) >= 11 is 0. The summed E-state index contributed by atoms with van der Waals surface area (Å²) in [7, 11) is -1.69. The molecule has 0 amide bonds. The number of methoxy groups -OCH3 is 1. The Bertz CT molecular complexity index is 518. The van der Waals surface area contributed by atoms with Crippen molar-refractivity contribution in [3.63, 3.8) is 0 Å². The molecule has 0 aromatic heterocycles. The molecule has 0 aliphatic rings. The highest BCUT2D eigenvalue weighted by Gasteiger charge is 1.98. The maximum Gasteiger partial charge on any atom is 0.214 e. The predicted octanol–water partition coefficient (Wildman–Crippen LogP) is 1.36. The van der Waals surface area contributed by atoms with Gasteiger partial charge in [-0.15, -0.1) is 0 Å². The average molecular weight is 224 g/mol. The molecule has 0 aliphatic heterocycles. The highest BCUT2D eigenvalue weighted by molar-refractivity contribution is 7.95. The van der Waals surface area contributed by atoms with Gasteiger partial charge in [0.05, 0.1) is 13.4 Å². The molecule has 0 saturated carbocycles. The van der Waals surface area contributed by atoms with Crippen molar-refractivity contribution in [2.75, 3.05) is 13.4 Å². The van der Waals surface area contributed by atoms with Gasteiger partial charge in [-0.3, -0.25) is 0 Å². The number of aryl methyl sites for hydroxylation is 1. The smallest absolute Gasteiger partial charge is 0.214 e. The largest absolute Gasteiger partial charge is 0.496 e.